The van der Waals surface area contributed by atoms with Gasteiger partial charge in [0.05, 0.1) is 5.69 Å². The lowest BCUT2D eigenvalue weighted by molar-refractivity contribution is -0.120. The van der Waals surface area contributed by atoms with Crippen molar-refractivity contribution in [1.82, 2.24) is 5.32 Å². The van der Waals surface area contributed by atoms with Crippen LogP contribution in [0.5, 0.6) is 11.5 Å². The highest BCUT2D eigenvalue weighted by Crippen LogP contribution is 2.57. The van der Waals surface area contributed by atoms with Gasteiger partial charge in [-0.05, 0) is 89.3 Å². The van der Waals surface area contributed by atoms with Gasteiger partial charge in [-0.25, -0.2) is 0 Å². The number of rotatable bonds is 5. The molecule has 2 aromatic carbocycles. The number of phenols is 2. The van der Waals surface area contributed by atoms with Crippen molar-refractivity contribution in [2.75, 3.05) is 6.54 Å². The molecule has 0 bridgehead atoms. The number of amides is 1. The molecule has 0 saturated heterocycles. The van der Waals surface area contributed by atoms with Crippen LogP contribution in [0.15, 0.2) is 35.3 Å². The summed E-state index contributed by atoms with van der Waals surface area (Å²) in [5.74, 6) is 1.05. The fourth-order valence-corrected chi connectivity index (χ4v) is 6.55. The topological polar surface area (TPSA) is 81.9 Å². The van der Waals surface area contributed by atoms with E-state index in [0.29, 0.717) is 17.4 Å². The van der Waals surface area contributed by atoms with Crippen molar-refractivity contribution >= 4 is 17.8 Å². The number of aromatic hydroxyl groups is 2. The minimum absolute atomic E-state index is 0.0337. The van der Waals surface area contributed by atoms with Crippen molar-refractivity contribution in [3.8, 4) is 11.5 Å². The van der Waals surface area contributed by atoms with Crippen LogP contribution < -0.4 is 5.32 Å². The fourth-order valence-electron chi connectivity index (χ4n) is 6.55. The van der Waals surface area contributed by atoms with Crippen LogP contribution in [-0.2, 0) is 16.6 Å². The van der Waals surface area contributed by atoms with Crippen LogP contribution in [0.2, 0.25) is 0 Å². The Kier molecular flexibility index (Phi) is 6.50. The molecule has 1 amide bonds. The van der Waals surface area contributed by atoms with Crippen LogP contribution in [0, 0.1) is 11.3 Å². The first-order chi connectivity index (χ1) is 16.0. The monoisotopic (exact) mass is 462 g/mol. The molecule has 3 atom stereocenters. The highest BCUT2D eigenvalue weighted by Gasteiger charge is 2.51. The standard InChI is InChI=1S/C29H38N2O3/c1-18(2)23-14-20-7-10-27-28(4,17-31-19(3)32)11-6-12-29(27,5)24(20)15-25(23)30-16-21-13-22(33)8-9-26(21)34/h8-9,13-16,18,27,33-34H,6-7,10-12,17H2,1-5H3,(H,31,32)/t27-,28-,29+/m0/s1. The molecule has 1 saturated carbocycles. The number of carbonyl (C=O) groups excluding carboxylic acids is 1. The first kappa shape index (κ1) is 24.3. The zero-order chi connectivity index (χ0) is 24.7. The molecule has 5 heteroatoms. The van der Waals surface area contributed by atoms with Gasteiger partial charge in [-0.15, -0.1) is 0 Å². The lowest BCUT2D eigenvalue weighted by Gasteiger charge is -2.55. The number of hydrogen-bond donors (Lipinski definition) is 3. The summed E-state index contributed by atoms with van der Waals surface area (Å²) in [7, 11) is 0. The summed E-state index contributed by atoms with van der Waals surface area (Å²) < 4.78 is 0. The number of carbonyl (C=O) groups is 1. The maximum Gasteiger partial charge on any atom is 0.216 e. The van der Waals surface area contributed by atoms with Crippen LogP contribution in [0.4, 0.5) is 5.69 Å². The van der Waals surface area contributed by atoms with Gasteiger partial charge in [0.2, 0.25) is 5.91 Å². The molecule has 0 heterocycles. The average molecular weight is 463 g/mol. The van der Waals surface area contributed by atoms with Crippen molar-refractivity contribution in [2.45, 2.75) is 78.1 Å². The summed E-state index contributed by atoms with van der Waals surface area (Å²) in [6, 6.07) is 9.09. The molecule has 0 spiro atoms. The van der Waals surface area contributed by atoms with Gasteiger partial charge in [0.1, 0.15) is 11.5 Å². The molecule has 2 aliphatic rings. The Morgan fingerprint density at radius 1 is 1.21 bits per heavy atom. The second-order valence-electron chi connectivity index (χ2n) is 11.2. The third-order valence-electron chi connectivity index (χ3n) is 8.34. The third kappa shape index (κ3) is 4.45. The first-order valence-corrected chi connectivity index (χ1v) is 12.5. The summed E-state index contributed by atoms with van der Waals surface area (Å²) in [6.07, 6.45) is 7.24. The van der Waals surface area contributed by atoms with E-state index < -0.39 is 0 Å². The maximum absolute atomic E-state index is 11.7. The Labute approximate surface area is 203 Å². The van der Waals surface area contributed by atoms with E-state index in [0.717, 1.165) is 44.3 Å². The van der Waals surface area contributed by atoms with Crippen LogP contribution in [0.1, 0.15) is 88.5 Å². The smallest absolute Gasteiger partial charge is 0.216 e. The molecule has 0 aliphatic heterocycles. The Morgan fingerprint density at radius 3 is 2.68 bits per heavy atom. The van der Waals surface area contributed by atoms with E-state index in [1.165, 1.54) is 34.9 Å². The molecule has 0 radical (unpaired) electrons. The van der Waals surface area contributed by atoms with Gasteiger partial charge in [-0.3, -0.25) is 9.79 Å². The summed E-state index contributed by atoms with van der Waals surface area (Å²) in [4.78, 5) is 16.5. The van der Waals surface area contributed by atoms with Gasteiger partial charge in [-0.1, -0.05) is 40.2 Å². The van der Waals surface area contributed by atoms with Gasteiger partial charge in [-0.2, -0.15) is 0 Å². The predicted octanol–water partition coefficient (Wildman–Crippen LogP) is 6.12. The van der Waals surface area contributed by atoms with Crippen molar-refractivity contribution in [2.24, 2.45) is 16.3 Å². The zero-order valence-electron chi connectivity index (χ0n) is 21.1. The molecule has 34 heavy (non-hydrogen) atoms. The summed E-state index contributed by atoms with van der Waals surface area (Å²) >= 11 is 0. The molecule has 2 aromatic rings. The Bertz CT molecular complexity index is 1120. The largest absolute Gasteiger partial charge is 0.508 e. The van der Waals surface area contributed by atoms with Crippen molar-refractivity contribution in [1.29, 1.82) is 0 Å². The second kappa shape index (κ2) is 9.09. The maximum atomic E-state index is 11.7. The lowest BCUT2D eigenvalue weighted by Crippen LogP contribution is -2.53. The van der Waals surface area contributed by atoms with E-state index >= 15 is 0 Å². The fraction of sp³-hybridized carbons (Fsp3) is 0.517. The number of nitrogens with one attached hydrogen (secondary N) is 1. The second-order valence-corrected chi connectivity index (χ2v) is 11.2. The van der Waals surface area contributed by atoms with Crippen LogP contribution in [0.25, 0.3) is 0 Å². The number of phenolic OH excluding ortho intramolecular Hbond substituents is 2. The molecule has 0 unspecified atom stereocenters. The van der Waals surface area contributed by atoms with Gasteiger partial charge in [0.15, 0.2) is 0 Å². The first-order valence-electron chi connectivity index (χ1n) is 12.5. The number of fused-ring (bicyclic) bond motifs is 3. The molecule has 2 aliphatic carbocycles. The van der Waals surface area contributed by atoms with E-state index in [4.69, 9.17) is 4.99 Å². The zero-order valence-corrected chi connectivity index (χ0v) is 21.1. The molecular formula is C29H38N2O3. The minimum Gasteiger partial charge on any atom is -0.508 e. The van der Waals surface area contributed by atoms with E-state index in [9.17, 15) is 15.0 Å². The lowest BCUT2D eigenvalue weighted by atomic mass is 9.49. The highest BCUT2D eigenvalue weighted by molar-refractivity contribution is 5.86. The molecule has 5 nitrogen and oxygen atoms in total. The van der Waals surface area contributed by atoms with E-state index in [1.54, 1.807) is 13.1 Å². The Morgan fingerprint density at radius 2 is 1.97 bits per heavy atom. The Balaban J connectivity index is 1.77. The van der Waals surface area contributed by atoms with Crippen LogP contribution in [0.3, 0.4) is 0 Å². The quantitative estimate of drug-likeness (QED) is 0.370. The average Bonchev–Trinajstić information content (AvgIpc) is 2.78. The SMILES string of the molecule is CC(=O)NC[C@]1(C)CCC[C@]2(C)c3cc(N=Cc4cc(O)ccc4O)c(C(C)C)cc3CC[C@@H]12. The molecule has 3 N–H and O–H groups in total. The number of hydrogen-bond acceptors (Lipinski definition) is 4. The van der Waals surface area contributed by atoms with Crippen LogP contribution in [-0.4, -0.2) is 28.9 Å². The van der Waals surface area contributed by atoms with E-state index in [2.05, 4.69) is 45.1 Å². The van der Waals surface area contributed by atoms with Crippen molar-refractivity contribution in [3.63, 3.8) is 0 Å². The van der Waals surface area contributed by atoms with Gasteiger partial charge in [0, 0.05) is 25.2 Å². The summed E-state index contributed by atoms with van der Waals surface area (Å²) in [5.41, 5.74) is 5.54. The van der Waals surface area contributed by atoms with Gasteiger partial charge in [0.25, 0.3) is 0 Å². The number of nitrogens with zero attached hydrogens (tertiary/aromatic N) is 1. The molecular weight excluding hydrogens is 424 g/mol. The van der Waals surface area contributed by atoms with Crippen LogP contribution >= 0.6 is 0 Å². The van der Waals surface area contributed by atoms with E-state index in [-0.39, 0.29) is 28.2 Å². The predicted molar refractivity (Wildman–Crippen MR) is 137 cm³/mol. The number of aryl methyl sites for hydroxylation is 1. The van der Waals surface area contributed by atoms with E-state index in [1.807, 2.05) is 0 Å². The van der Waals surface area contributed by atoms with Gasteiger partial charge >= 0.3 is 0 Å². The molecule has 0 aromatic heterocycles. The molecule has 1 fully saturated rings. The Hall–Kier alpha value is -2.82. The minimum atomic E-state index is 0.0337. The number of aliphatic imine (C=N–C) groups is 1. The van der Waals surface area contributed by atoms with Crippen molar-refractivity contribution in [3.05, 3.63) is 52.6 Å². The normalized spacial score (nSPS) is 26.4. The molecule has 182 valence electrons. The summed E-state index contributed by atoms with van der Waals surface area (Å²) in [6.45, 7) is 11.5. The van der Waals surface area contributed by atoms with Crippen molar-refractivity contribution < 1.29 is 15.0 Å². The summed E-state index contributed by atoms with van der Waals surface area (Å²) in [5, 5.41) is 23.1. The molecule has 4 rings (SSSR count). The van der Waals surface area contributed by atoms with Gasteiger partial charge < -0.3 is 15.5 Å². The highest BCUT2D eigenvalue weighted by atomic mass is 16.3. The number of benzene rings is 2. The third-order valence-corrected chi connectivity index (χ3v) is 8.34.